The zero-order valence-corrected chi connectivity index (χ0v) is 10.9. The quantitative estimate of drug-likeness (QED) is 0.932. The van der Waals surface area contributed by atoms with Gasteiger partial charge in [-0.05, 0) is 35.7 Å². The first kappa shape index (κ1) is 13.3. The van der Waals surface area contributed by atoms with E-state index in [9.17, 15) is 4.39 Å². The fourth-order valence-electron chi connectivity index (χ4n) is 1.72. The maximum absolute atomic E-state index is 12.9. The van der Waals surface area contributed by atoms with Crippen molar-refractivity contribution in [1.82, 2.24) is 4.98 Å². The topological polar surface area (TPSA) is 38.9 Å². The molecule has 1 atom stereocenters. The van der Waals surface area contributed by atoms with E-state index in [1.807, 2.05) is 0 Å². The van der Waals surface area contributed by atoms with Crippen molar-refractivity contribution in [3.05, 3.63) is 63.6 Å². The number of hydrogen-bond acceptors (Lipinski definition) is 2. The first-order valence-corrected chi connectivity index (χ1v) is 6.12. The summed E-state index contributed by atoms with van der Waals surface area (Å²) >= 11 is 12.0. The molecule has 2 nitrogen and oxygen atoms in total. The predicted octanol–water partition coefficient (Wildman–Crippen LogP) is 3.77. The van der Waals surface area contributed by atoms with Gasteiger partial charge in [0.25, 0.3) is 0 Å². The molecular weight excluding hydrogens is 274 g/mol. The Bertz CT molecular complexity index is 560. The minimum absolute atomic E-state index is 0.302. The van der Waals surface area contributed by atoms with Crippen molar-refractivity contribution in [2.45, 2.75) is 12.5 Å². The van der Waals surface area contributed by atoms with E-state index < -0.39 is 0 Å². The SMILES string of the molecule is NC(Cc1ccc(F)cc1Cl)c1ccncc1Cl. The highest BCUT2D eigenvalue weighted by Gasteiger charge is 2.13. The molecule has 94 valence electrons. The smallest absolute Gasteiger partial charge is 0.124 e. The first-order valence-electron chi connectivity index (χ1n) is 5.37. The van der Waals surface area contributed by atoms with Crippen LogP contribution in [0.15, 0.2) is 36.7 Å². The molecule has 2 aromatic rings. The highest BCUT2D eigenvalue weighted by Crippen LogP contribution is 2.26. The fourth-order valence-corrected chi connectivity index (χ4v) is 2.22. The minimum Gasteiger partial charge on any atom is -0.324 e. The Hall–Kier alpha value is -1.16. The van der Waals surface area contributed by atoms with Crippen LogP contribution in [0.25, 0.3) is 0 Å². The van der Waals surface area contributed by atoms with Crippen molar-refractivity contribution in [2.75, 3.05) is 0 Å². The van der Waals surface area contributed by atoms with Crippen LogP contribution >= 0.6 is 23.2 Å². The normalized spacial score (nSPS) is 12.4. The van der Waals surface area contributed by atoms with Crippen LogP contribution in [0.4, 0.5) is 4.39 Å². The van der Waals surface area contributed by atoms with Crippen LogP contribution in [0.2, 0.25) is 10.0 Å². The summed E-state index contributed by atoms with van der Waals surface area (Å²) in [6, 6.07) is 5.74. The molecule has 0 aliphatic heterocycles. The second kappa shape index (κ2) is 5.65. The van der Waals surface area contributed by atoms with Gasteiger partial charge in [0.2, 0.25) is 0 Å². The second-order valence-corrected chi connectivity index (χ2v) is 4.76. The van der Waals surface area contributed by atoms with E-state index in [0.717, 1.165) is 11.1 Å². The molecule has 2 rings (SSSR count). The van der Waals surface area contributed by atoms with Gasteiger partial charge < -0.3 is 5.73 Å². The molecule has 0 spiro atoms. The van der Waals surface area contributed by atoms with E-state index >= 15 is 0 Å². The third-order valence-electron chi connectivity index (χ3n) is 2.66. The summed E-state index contributed by atoms with van der Waals surface area (Å²) in [5.74, 6) is -0.362. The van der Waals surface area contributed by atoms with Gasteiger partial charge in [-0.15, -0.1) is 0 Å². The zero-order valence-electron chi connectivity index (χ0n) is 9.41. The van der Waals surface area contributed by atoms with Crippen molar-refractivity contribution in [1.29, 1.82) is 0 Å². The Labute approximate surface area is 115 Å². The van der Waals surface area contributed by atoms with Gasteiger partial charge in [0.1, 0.15) is 5.82 Å². The summed E-state index contributed by atoms with van der Waals surface area (Å²) in [5, 5.41) is 0.888. The molecule has 5 heteroatoms. The molecular formula is C13H11Cl2FN2. The Balaban J connectivity index is 2.21. The summed E-state index contributed by atoms with van der Waals surface area (Å²) in [4.78, 5) is 3.90. The molecule has 1 aromatic carbocycles. The Morgan fingerprint density at radius 2 is 2.00 bits per heavy atom. The molecule has 0 fully saturated rings. The van der Waals surface area contributed by atoms with Gasteiger partial charge in [0, 0.05) is 23.5 Å². The van der Waals surface area contributed by atoms with E-state index in [1.165, 1.54) is 12.1 Å². The van der Waals surface area contributed by atoms with Crippen LogP contribution in [0.3, 0.4) is 0 Å². The van der Waals surface area contributed by atoms with Gasteiger partial charge in [-0.3, -0.25) is 4.98 Å². The molecule has 1 aromatic heterocycles. The lowest BCUT2D eigenvalue weighted by molar-refractivity contribution is 0.625. The second-order valence-electron chi connectivity index (χ2n) is 3.94. The summed E-state index contributed by atoms with van der Waals surface area (Å²) in [7, 11) is 0. The molecule has 0 aliphatic rings. The van der Waals surface area contributed by atoms with Gasteiger partial charge in [-0.2, -0.15) is 0 Å². The summed E-state index contributed by atoms with van der Waals surface area (Å²) < 4.78 is 12.9. The molecule has 2 N–H and O–H groups in total. The molecule has 0 radical (unpaired) electrons. The van der Waals surface area contributed by atoms with Crippen LogP contribution in [0.5, 0.6) is 0 Å². The predicted molar refractivity (Wildman–Crippen MR) is 71.3 cm³/mol. The van der Waals surface area contributed by atoms with Crippen molar-refractivity contribution < 1.29 is 4.39 Å². The van der Waals surface area contributed by atoms with Gasteiger partial charge in [0.15, 0.2) is 0 Å². The van der Waals surface area contributed by atoms with Crippen LogP contribution < -0.4 is 5.73 Å². The molecule has 18 heavy (non-hydrogen) atoms. The summed E-state index contributed by atoms with van der Waals surface area (Å²) in [6.45, 7) is 0. The van der Waals surface area contributed by atoms with Gasteiger partial charge >= 0.3 is 0 Å². The first-order chi connectivity index (χ1) is 8.58. The van der Waals surface area contributed by atoms with Gasteiger partial charge in [-0.25, -0.2) is 4.39 Å². The standard InChI is InChI=1S/C13H11Cl2FN2/c14-11-6-9(16)2-1-8(11)5-13(17)10-3-4-18-7-12(10)15/h1-4,6-7,13H,5,17H2. The number of nitrogens with zero attached hydrogens (tertiary/aromatic N) is 1. The van der Waals surface area contributed by atoms with E-state index in [4.69, 9.17) is 28.9 Å². The lowest BCUT2D eigenvalue weighted by Gasteiger charge is -2.14. The Kier molecular flexibility index (Phi) is 4.17. The number of nitrogens with two attached hydrogens (primary N) is 1. The maximum Gasteiger partial charge on any atom is 0.124 e. The number of benzene rings is 1. The number of aromatic nitrogens is 1. The molecule has 0 bridgehead atoms. The molecule has 0 saturated heterocycles. The van der Waals surface area contributed by atoms with E-state index in [-0.39, 0.29) is 11.9 Å². The van der Waals surface area contributed by atoms with Crippen molar-refractivity contribution in [2.24, 2.45) is 5.73 Å². The molecule has 0 aliphatic carbocycles. The third kappa shape index (κ3) is 2.99. The molecule has 0 amide bonds. The van der Waals surface area contributed by atoms with E-state index in [0.29, 0.717) is 16.5 Å². The summed E-state index contributed by atoms with van der Waals surface area (Å²) in [6.07, 6.45) is 3.67. The van der Waals surface area contributed by atoms with E-state index in [1.54, 1.807) is 24.5 Å². The Morgan fingerprint density at radius 1 is 1.22 bits per heavy atom. The lowest BCUT2D eigenvalue weighted by Crippen LogP contribution is -2.14. The van der Waals surface area contributed by atoms with Crippen LogP contribution in [-0.2, 0) is 6.42 Å². The average Bonchev–Trinajstić information content (AvgIpc) is 2.33. The Morgan fingerprint density at radius 3 is 2.67 bits per heavy atom. The average molecular weight is 285 g/mol. The highest BCUT2D eigenvalue weighted by atomic mass is 35.5. The van der Waals surface area contributed by atoms with Crippen LogP contribution in [0, 0.1) is 5.82 Å². The van der Waals surface area contributed by atoms with Crippen molar-refractivity contribution >= 4 is 23.2 Å². The van der Waals surface area contributed by atoms with Crippen LogP contribution in [-0.4, -0.2) is 4.98 Å². The third-order valence-corrected chi connectivity index (χ3v) is 3.33. The molecule has 1 heterocycles. The van der Waals surface area contributed by atoms with Crippen molar-refractivity contribution in [3.63, 3.8) is 0 Å². The number of rotatable bonds is 3. The van der Waals surface area contributed by atoms with E-state index in [2.05, 4.69) is 4.98 Å². The minimum atomic E-state index is -0.362. The maximum atomic E-state index is 12.9. The summed E-state index contributed by atoms with van der Waals surface area (Å²) in [5.41, 5.74) is 7.66. The van der Waals surface area contributed by atoms with Gasteiger partial charge in [-0.1, -0.05) is 29.3 Å². The van der Waals surface area contributed by atoms with Crippen LogP contribution in [0.1, 0.15) is 17.2 Å². The monoisotopic (exact) mass is 284 g/mol. The molecule has 1 unspecified atom stereocenters. The zero-order chi connectivity index (χ0) is 13.1. The number of halogens is 3. The number of pyridine rings is 1. The lowest BCUT2D eigenvalue weighted by atomic mass is 10.0. The van der Waals surface area contributed by atoms with Gasteiger partial charge in [0.05, 0.1) is 5.02 Å². The number of hydrogen-bond donors (Lipinski definition) is 1. The van der Waals surface area contributed by atoms with Crippen molar-refractivity contribution in [3.8, 4) is 0 Å². The fraction of sp³-hybridized carbons (Fsp3) is 0.154. The molecule has 0 saturated carbocycles. The largest absolute Gasteiger partial charge is 0.324 e. The highest BCUT2D eigenvalue weighted by molar-refractivity contribution is 6.31.